The van der Waals surface area contributed by atoms with Crippen LogP contribution in [0.5, 0.6) is 0 Å². The van der Waals surface area contributed by atoms with E-state index in [4.69, 9.17) is 28.8 Å². The van der Waals surface area contributed by atoms with E-state index in [1.54, 1.807) is 7.05 Å². The quantitative estimate of drug-likeness (QED) is 0.0586. The topological polar surface area (TPSA) is 130 Å². The molecule has 2 saturated heterocycles. The summed E-state index contributed by atoms with van der Waals surface area (Å²) in [7, 11) is 3.14. The molecule has 12 nitrogen and oxygen atoms in total. The molecule has 2 aliphatic rings. The first-order valence-corrected chi connectivity index (χ1v) is 14.3. The molecular formula is C27H46N2O10. The Kier molecular flexibility index (Phi) is 16.3. The van der Waals surface area contributed by atoms with E-state index >= 15 is 0 Å². The van der Waals surface area contributed by atoms with E-state index in [9.17, 15) is 19.2 Å². The molecule has 0 aromatic carbocycles. The lowest BCUT2D eigenvalue weighted by atomic mass is 10.1. The number of carbonyl (C=O) groups is 4. The Morgan fingerprint density at radius 2 is 1.13 bits per heavy atom. The van der Waals surface area contributed by atoms with Gasteiger partial charge in [-0.1, -0.05) is 51.4 Å². The van der Waals surface area contributed by atoms with Crippen molar-refractivity contribution in [3.05, 3.63) is 0 Å². The third-order valence-corrected chi connectivity index (χ3v) is 6.82. The molecule has 224 valence electrons. The van der Waals surface area contributed by atoms with Gasteiger partial charge in [0.05, 0.1) is 0 Å². The summed E-state index contributed by atoms with van der Waals surface area (Å²) in [5.41, 5.74) is 0. The third-order valence-electron chi connectivity index (χ3n) is 6.82. The van der Waals surface area contributed by atoms with Crippen LogP contribution in [0, 0.1) is 0 Å². The highest BCUT2D eigenvalue weighted by Gasteiger charge is 2.24. The molecule has 2 rings (SSSR count). The van der Waals surface area contributed by atoms with E-state index in [2.05, 4.69) is 0 Å². The van der Waals surface area contributed by atoms with Gasteiger partial charge in [0, 0.05) is 26.9 Å². The molecule has 2 aliphatic heterocycles. The molecule has 2 heterocycles. The van der Waals surface area contributed by atoms with Crippen molar-refractivity contribution in [2.75, 3.05) is 34.0 Å². The van der Waals surface area contributed by atoms with Gasteiger partial charge in [-0.15, -0.1) is 4.99 Å². The Labute approximate surface area is 231 Å². The van der Waals surface area contributed by atoms with Crippen LogP contribution in [0.15, 0.2) is 0 Å². The number of rotatable bonds is 22. The number of nitrogens with zero attached hydrogens (tertiary/aromatic N) is 2. The molecule has 0 aliphatic carbocycles. The zero-order chi connectivity index (χ0) is 28.3. The number of carbonyl (C=O) groups excluding carboxylic acids is 4. The molecule has 2 atom stereocenters. The summed E-state index contributed by atoms with van der Waals surface area (Å²) in [5, 5.41) is 1.06. The Morgan fingerprint density at radius 3 is 1.59 bits per heavy atom. The van der Waals surface area contributed by atoms with E-state index in [-0.39, 0.29) is 30.8 Å². The van der Waals surface area contributed by atoms with E-state index in [0.29, 0.717) is 26.1 Å². The van der Waals surface area contributed by atoms with Crippen LogP contribution in [-0.4, -0.2) is 80.3 Å². The van der Waals surface area contributed by atoms with Crippen molar-refractivity contribution >= 4 is 24.1 Å². The van der Waals surface area contributed by atoms with Gasteiger partial charge in [-0.25, -0.2) is 9.59 Å². The van der Waals surface area contributed by atoms with Crippen LogP contribution in [0.2, 0.25) is 0 Å². The number of unbranched alkanes of at least 4 members (excludes halogenated alkanes) is 10. The van der Waals surface area contributed by atoms with Crippen molar-refractivity contribution in [1.29, 1.82) is 0 Å². The standard InChI is InChI=1S/C27H46N2O10/c1-28(24(30)17-13-9-5-3-7-11-15-22-19-34-26(32)37-22)21-36-39-29(2)25(31)18-14-10-6-4-8-12-16-23-20-35-27(33)38-23/h22-23H,3-21H2,1-2H3. The van der Waals surface area contributed by atoms with Crippen LogP contribution >= 0.6 is 0 Å². The Morgan fingerprint density at radius 1 is 0.692 bits per heavy atom. The normalized spacial score (nSPS) is 18.3. The first-order valence-electron chi connectivity index (χ1n) is 14.3. The lowest BCUT2D eigenvalue weighted by molar-refractivity contribution is -0.413. The van der Waals surface area contributed by atoms with Gasteiger partial charge in [0.15, 0.2) is 6.73 Å². The molecule has 0 aromatic heterocycles. The highest BCUT2D eigenvalue weighted by atomic mass is 17.3. The highest BCUT2D eigenvalue weighted by Crippen LogP contribution is 2.17. The molecule has 0 saturated carbocycles. The zero-order valence-electron chi connectivity index (χ0n) is 23.6. The van der Waals surface area contributed by atoms with Crippen LogP contribution in [0.4, 0.5) is 9.59 Å². The third kappa shape index (κ3) is 14.9. The van der Waals surface area contributed by atoms with Gasteiger partial charge in [-0.3, -0.25) is 9.59 Å². The molecule has 2 amide bonds. The summed E-state index contributed by atoms with van der Waals surface area (Å²) in [4.78, 5) is 57.7. The average Bonchev–Trinajstić information content (AvgIpc) is 3.53. The summed E-state index contributed by atoms with van der Waals surface area (Å²) in [6.07, 6.45) is 13.0. The lowest BCUT2D eigenvalue weighted by Gasteiger charge is -2.19. The molecule has 39 heavy (non-hydrogen) atoms. The number of hydrogen-bond donors (Lipinski definition) is 0. The van der Waals surface area contributed by atoms with Gasteiger partial charge in [0.25, 0.3) is 0 Å². The Balaban J connectivity index is 1.35. The maximum absolute atomic E-state index is 12.2. The van der Waals surface area contributed by atoms with Crippen molar-refractivity contribution < 1.29 is 48.0 Å². The summed E-state index contributed by atoms with van der Waals surface area (Å²) < 4.78 is 19.5. The second-order valence-corrected chi connectivity index (χ2v) is 10.2. The van der Waals surface area contributed by atoms with Gasteiger partial charge in [-0.05, 0) is 38.5 Å². The van der Waals surface area contributed by atoms with Crippen LogP contribution in [0.25, 0.3) is 0 Å². The average molecular weight is 559 g/mol. The minimum Gasteiger partial charge on any atom is -0.430 e. The molecule has 0 radical (unpaired) electrons. The number of cyclic esters (lactones) is 4. The smallest absolute Gasteiger partial charge is 0.430 e. The maximum atomic E-state index is 12.2. The predicted molar refractivity (Wildman–Crippen MR) is 139 cm³/mol. The van der Waals surface area contributed by atoms with E-state index in [0.717, 1.165) is 95.0 Å². The van der Waals surface area contributed by atoms with Gasteiger partial charge in [-0.2, -0.15) is 9.95 Å². The Hall–Kier alpha value is -2.60. The van der Waals surface area contributed by atoms with Crippen LogP contribution in [0.3, 0.4) is 0 Å². The van der Waals surface area contributed by atoms with E-state index in [1.807, 2.05) is 0 Å². The predicted octanol–water partition coefficient (Wildman–Crippen LogP) is 5.04. The van der Waals surface area contributed by atoms with Gasteiger partial charge < -0.3 is 23.8 Å². The van der Waals surface area contributed by atoms with Crippen molar-refractivity contribution in [3.8, 4) is 0 Å². The summed E-state index contributed by atoms with van der Waals surface area (Å²) in [6, 6.07) is 0. The van der Waals surface area contributed by atoms with Crippen molar-refractivity contribution in [3.63, 3.8) is 0 Å². The van der Waals surface area contributed by atoms with Crippen molar-refractivity contribution in [2.45, 2.75) is 115 Å². The van der Waals surface area contributed by atoms with Gasteiger partial charge in [0.2, 0.25) is 11.8 Å². The number of hydrogen-bond acceptors (Lipinski definition) is 10. The summed E-state index contributed by atoms with van der Waals surface area (Å²) in [6.45, 7) is 0.658. The molecule has 0 N–H and O–H groups in total. The van der Waals surface area contributed by atoms with Crippen LogP contribution in [-0.2, 0) is 38.4 Å². The molecule has 0 bridgehead atoms. The first-order chi connectivity index (χ1) is 18.8. The largest absolute Gasteiger partial charge is 0.508 e. The van der Waals surface area contributed by atoms with Crippen molar-refractivity contribution in [1.82, 2.24) is 9.96 Å². The minimum absolute atomic E-state index is 0.0341. The fraction of sp³-hybridized carbons (Fsp3) is 0.852. The lowest BCUT2D eigenvalue weighted by Crippen LogP contribution is -2.32. The first kappa shape index (κ1) is 32.6. The van der Waals surface area contributed by atoms with Crippen LogP contribution in [0.1, 0.15) is 103 Å². The fourth-order valence-corrected chi connectivity index (χ4v) is 4.37. The minimum atomic E-state index is -0.571. The molecule has 0 spiro atoms. The number of ether oxygens (including phenoxy) is 4. The number of amides is 2. The van der Waals surface area contributed by atoms with Crippen molar-refractivity contribution in [2.24, 2.45) is 0 Å². The molecular weight excluding hydrogens is 512 g/mol. The van der Waals surface area contributed by atoms with Gasteiger partial charge >= 0.3 is 12.3 Å². The second kappa shape index (κ2) is 19.5. The van der Waals surface area contributed by atoms with Gasteiger partial charge in [0.1, 0.15) is 25.4 Å². The second-order valence-electron chi connectivity index (χ2n) is 10.2. The van der Waals surface area contributed by atoms with E-state index < -0.39 is 12.3 Å². The maximum Gasteiger partial charge on any atom is 0.508 e. The SMILES string of the molecule is CN(COON(C)C(=O)CCCCCCCCC1COC(=O)O1)C(=O)CCCCCCCCC1COC(=O)O1. The zero-order valence-corrected chi connectivity index (χ0v) is 23.6. The summed E-state index contributed by atoms with van der Waals surface area (Å²) in [5.74, 6) is -0.210. The molecule has 0 aromatic rings. The monoisotopic (exact) mass is 558 g/mol. The molecule has 2 fully saturated rings. The number of hydroxylamine groups is 2. The van der Waals surface area contributed by atoms with Crippen LogP contribution < -0.4 is 0 Å². The highest BCUT2D eigenvalue weighted by molar-refractivity contribution is 5.75. The fourth-order valence-electron chi connectivity index (χ4n) is 4.37. The summed E-state index contributed by atoms with van der Waals surface area (Å²) >= 11 is 0. The van der Waals surface area contributed by atoms with E-state index in [1.165, 1.54) is 11.9 Å². The molecule has 2 unspecified atom stereocenters. The Bertz CT molecular complexity index is 690. The molecule has 12 heteroatoms.